The molecule has 2 rings (SSSR count). The molecule has 1 aromatic rings. The average molecular weight is 327 g/mol. The van der Waals surface area contributed by atoms with E-state index in [2.05, 4.69) is 10.6 Å². The first kappa shape index (κ1) is 15.9. The lowest BCUT2D eigenvalue weighted by Gasteiger charge is -2.21. The molecule has 1 unspecified atom stereocenters. The minimum absolute atomic E-state index is 0.212. The number of carbonyl (C=O) groups excluding carboxylic acids is 3. The second-order valence-corrected chi connectivity index (χ2v) is 6.12. The molecule has 1 saturated heterocycles. The second-order valence-electron chi connectivity index (χ2n) is 4.69. The fourth-order valence-corrected chi connectivity index (χ4v) is 2.95. The van der Waals surface area contributed by atoms with Gasteiger partial charge in [-0.05, 0) is 24.1 Å². The fraction of sp³-hybridized carbons (Fsp3) is 0.357. The highest BCUT2D eigenvalue weighted by atomic mass is 35.5. The normalized spacial score (nSPS) is 18.2. The van der Waals surface area contributed by atoms with Crippen LogP contribution in [0.5, 0.6) is 0 Å². The van der Waals surface area contributed by atoms with Crippen molar-refractivity contribution in [3.63, 3.8) is 0 Å². The number of nitrogens with one attached hydrogen (secondary N) is 2. The molecule has 1 aliphatic rings. The fourth-order valence-electron chi connectivity index (χ4n) is 1.96. The highest BCUT2D eigenvalue weighted by molar-refractivity contribution is 7.99. The van der Waals surface area contributed by atoms with Crippen LogP contribution < -0.4 is 10.6 Å². The summed E-state index contributed by atoms with van der Waals surface area (Å²) < 4.78 is 0. The molecule has 1 aromatic carbocycles. The molecule has 112 valence electrons. The highest BCUT2D eigenvalue weighted by Crippen LogP contribution is 2.16. The molecular formula is C14H15ClN2O3S. The third-order valence-electron chi connectivity index (χ3n) is 2.97. The van der Waals surface area contributed by atoms with Crippen LogP contribution in [0.25, 0.3) is 0 Å². The number of halogens is 1. The summed E-state index contributed by atoms with van der Waals surface area (Å²) in [6.07, 6.45) is 0.613. The minimum Gasteiger partial charge on any atom is -0.344 e. The molecule has 5 nitrogen and oxygen atoms in total. The van der Waals surface area contributed by atoms with Crippen molar-refractivity contribution in [3.05, 3.63) is 34.9 Å². The lowest BCUT2D eigenvalue weighted by Crippen LogP contribution is -2.52. The van der Waals surface area contributed by atoms with Crippen LogP contribution in [0.15, 0.2) is 24.3 Å². The smallest absolute Gasteiger partial charge is 0.249 e. The van der Waals surface area contributed by atoms with E-state index in [0.29, 0.717) is 17.2 Å². The molecule has 21 heavy (non-hydrogen) atoms. The van der Waals surface area contributed by atoms with Crippen LogP contribution in [0.1, 0.15) is 18.4 Å². The van der Waals surface area contributed by atoms with Gasteiger partial charge in [0.25, 0.3) is 0 Å². The molecule has 1 heterocycles. The van der Waals surface area contributed by atoms with E-state index < -0.39 is 11.9 Å². The molecule has 0 spiro atoms. The summed E-state index contributed by atoms with van der Waals surface area (Å²) in [6.45, 7) is 0. The van der Waals surface area contributed by atoms with E-state index in [1.807, 2.05) is 18.2 Å². The predicted octanol–water partition coefficient (Wildman–Crippen LogP) is 1.49. The Kier molecular flexibility index (Phi) is 5.64. The largest absolute Gasteiger partial charge is 0.344 e. The number of imide groups is 1. The maximum Gasteiger partial charge on any atom is 0.249 e. The number of hydrogen-bond donors (Lipinski definition) is 2. The van der Waals surface area contributed by atoms with Crippen LogP contribution >= 0.6 is 23.4 Å². The summed E-state index contributed by atoms with van der Waals surface area (Å²) in [5, 5.41) is 5.51. The van der Waals surface area contributed by atoms with E-state index in [1.54, 1.807) is 6.07 Å². The van der Waals surface area contributed by atoms with Crippen LogP contribution in [-0.4, -0.2) is 29.5 Å². The molecule has 1 fully saturated rings. The SMILES string of the molecule is O=C1CCC(NC(=O)CSCc2cccc(Cl)c2)C(=O)N1. The maximum atomic E-state index is 11.8. The van der Waals surface area contributed by atoms with Crippen molar-refractivity contribution in [3.8, 4) is 0 Å². The molecule has 0 bridgehead atoms. The molecule has 7 heteroatoms. The maximum absolute atomic E-state index is 11.8. The predicted molar refractivity (Wildman–Crippen MR) is 81.9 cm³/mol. The van der Waals surface area contributed by atoms with E-state index in [4.69, 9.17) is 11.6 Å². The van der Waals surface area contributed by atoms with Gasteiger partial charge in [0, 0.05) is 17.2 Å². The summed E-state index contributed by atoms with van der Waals surface area (Å²) in [6, 6.07) is 6.85. The van der Waals surface area contributed by atoms with Gasteiger partial charge < -0.3 is 5.32 Å². The van der Waals surface area contributed by atoms with Crippen LogP contribution in [0.4, 0.5) is 0 Å². The van der Waals surface area contributed by atoms with Crippen LogP contribution in [-0.2, 0) is 20.1 Å². The Hall–Kier alpha value is -1.53. The summed E-state index contributed by atoms with van der Waals surface area (Å²) >= 11 is 7.33. The zero-order chi connectivity index (χ0) is 15.2. The average Bonchev–Trinajstić information content (AvgIpc) is 2.42. The molecule has 0 aliphatic carbocycles. The van der Waals surface area contributed by atoms with Crippen molar-refractivity contribution >= 4 is 41.1 Å². The van der Waals surface area contributed by atoms with Gasteiger partial charge >= 0.3 is 0 Å². The van der Waals surface area contributed by atoms with Crippen LogP contribution in [0, 0.1) is 0 Å². The van der Waals surface area contributed by atoms with Crippen molar-refractivity contribution in [1.82, 2.24) is 10.6 Å². The van der Waals surface area contributed by atoms with E-state index in [1.165, 1.54) is 11.8 Å². The monoisotopic (exact) mass is 326 g/mol. The molecule has 1 atom stereocenters. The number of benzene rings is 1. The zero-order valence-electron chi connectivity index (χ0n) is 11.2. The van der Waals surface area contributed by atoms with Crippen molar-refractivity contribution in [2.45, 2.75) is 24.6 Å². The lowest BCUT2D eigenvalue weighted by molar-refractivity contribution is -0.136. The van der Waals surface area contributed by atoms with Crippen LogP contribution in [0.3, 0.4) is 0 Å². The van der Waals surface area contributed by atoms with Gasteiger partial charge in [-0.25, -0.2) is 0 Å². The van der Waals surface area contributed by atoms with Gasteiger partial charge in [-0.15, -0.1) is 11.8 Å². The first-order valence-corrected chi connectivity index (χ1v) is 8.03. The molecule has 3 amide bonds. The summed E-state index contributed by atoms with van der Waals surface area (Å²) in [5.74, 6) is -0.00934. The number of piperidine rings is 1. The van der Waals surface area contributed by atoms with E-state index in [-0.39, 0.29) is 24.0 Å². The number of hydrogen-bond acceptors (Lipinski definition) is 4. The zero-order valence-corrected chi connectivity index (χ0v) is 12.8. The van der Waals surface area contributed by atoms with E-state index >= 15 is 0 Å². The third-order valence-corrected chi connectivity index (χ3v) is 4.20. The lowest BCUT2D eigenvalue weighted by atomic mass is 10.1. The first-order chi connectivity index (χ1) is 10.0. The van der Waals surface area contributed by atoms with Gasteiger partial charge in [0.2, 0.25) is 17.7 Å². The number of carbonyl (C=O) groups is 3. The van der Waals surface area contributed by atoms with Gasteiger partial charge in [0.05, 0.1) is 5.75 Å². The Morgan fingerprint density at radius 2 is 2.24 bits per heavy atom. The van der Waals surface area contributed by atoms with Gasteiger partial charge in [0.1, 0.15) is 6.04 Å². The van der Waals surface area contributed by atoms with Gasteiger partial charge in [-0.3, -0.25) is 19.7 Å². The minimum atomic E-state index is -0.609. The van der Waals surface area contributed by atoms with Crippen LogP contribution in [0.2, 0.25) is 5.02 Å². The first-order valence-electron chi connectivity index (χ1n) is 6.50. The Labute approximate surface area is 131 Å². The highest BCUT2D eigenvalue weighted by Gasteiger charge is 2.27. The Morgan fingerprint density at radius 3 is 2.95 bits per heavy atom. The Balaban J connectivity index is 1.72. The Morgan fingerprint density at radius 1 is 1.43 bits per heavy atom. The quantitative estimate of drug-likeness (QED) is 0.804. The Bertz CT molecular complexity index is 565. The van der Waals surface area contributed by atoms with Gasteiger partial charge in [-0.2, -0.15) is 0 Å². The second kappa shape index (κ2) is 7.47. The van der Waals surface area contributed by atoms with Crippen molar-refractivity contribution in [1.29, 1.82) is 0 Å². The molecule has 0 radical (unpaired) electrons. The van der Waals surface area contributed by atoms with Crippen molar-refractivity contribution < 1.29 is 14.4 Å². The molecule has 1 aliphatic heterocycles. The number of amides is 3. The van der Waals surface area contributed by atoms with Gasteiger partial charge in [0.15, 0.2) is 0 Å². The molecule has 2 N–H and O–H groups in total. The summed E-state index contributed by atoms with van der Waals surface area (Å²) in [4.78, 5) is 34.3. The van der Waals surface area contributed by atoms with E-state index in [0.717, 1.165) is 5.56 Å². The molecule has 0 aromatic heterocycles. The van der Waals surface area contributed by atoms with E-state index in [9.17, 15) is 14.4 Å². The van der Waals surface area contributed by atoms with Crippen molar-refractivity contribution in [2.75, 3.05) is 5.75 Å². The van der Waals surface area contributed by atoms with Crippen molar-refractivity contribution in [2.24, 2.45) is 0 Å². The number of rotatable bonds is 5. The summed E-state index contributed by atoms with van der Waals surface area (Å²) in [7, 11) is 0. The standard InChI is InChI=1S/C14H15ClN2O3S/c15-10-3-1-2-9(6-10)7-21-8-13(19)16-11-4-5-12(18)17-14(11)20/h1-3,6,11H,4-5,7-8H2,(H,16,19)(H,17,18,20). The molecule has 0 saturated carbocycles. The summed E-state index contributed by atoms with van der Waals surface area (Å²) in [5.41, 5.74) is 1.04. The van der Waals surface area contributed by atoms with Gasteiger partial charge in [-0.1, -0.05) is 23.7 Å². The number of thioether (sulfide) groups is 1. The third kappa shape index (κ3) is 5.06. The molecular weight excluding hydrogens is 312 g/mol. The topological polar surface area (TPSA) is 75.3 Å².